The van der Waals surface area contributed by atoms with Gasteiger partial charge in [0.05, 0.1) is 6.04 Å². The van der Waals surface area contributed by atoms with Crippen LogP contribution in [0.5, 0.6) is 0 Å². The molecule has 0 bridgehead atoms. The quantitative estimate of drug-likeness (QED) is 0.890. The molecule has 1 fully saturated rings. The molecular weight excluding hydrogens is 228 g/mol. The van der Waals surface area contributed by atoms with Crippen molar-refractivity contribution in [1.82, 2.24) is 4.90 Å². The Balaban J connectivity index is 2.14. The number of nitrogens with zero attached hydrogens (tertiary/aromatic N) is 1. The van der Waals surface area contributed by atoms with Crippen LogP contribution in [0.1, 0.15) is 49.9 Å². The van der Waals surface area contributed by atoms with Gasteiger partial charge in [0.1, 0.15) is 0 Å². The summed E-state index contributed by atoms with van der Waals surface area (Å²) in [6.45, 7) is 4.63. The lowest BCUT2D eigenvalue weighted by atomic mass is 10.0. The molecule has 0 spiro atoms. The van der Waals surface area contributed by atoms with Crippen molar-refractivity contribution in [3.05, 3.63) is 22.4 Å². The fourth-order valence-electron chi connectivity index (χ4n) is 2.72. The summed E-state index contributed by atoms with van der Waals surface area (Å²) in [4.78, 5) is 4.06. The molecule has 2 atom stereocenters. The Morgan fingerprint density at radius 3 is 2.53 bits per heavy atom. The summed E-state index contributed by atoms with van der Waals surface area (Å²) >= 11 is 1.85. The van der Waals surface area contributed by atoms with Crippen molar-refractivity contribution in [3.63, 3.8) is 0 Å². The van der Waals surface area contributed by atoms with Crippen LogP contribution in [-0.4, -0.2) is 24.0 Å². The second-order valence-electron chi connectivity index (χ2n) is 4.98. The summed E-state index contributed by atoms with van der Waals surface area (Å²) < 4.78 is 0. The number of likely N-dealkylation sites (tertiary alicyclic amines) is 1. The Hall–Kier alpha value is -0.380. The minimum atomic E-state index is 0.270. The van der Waals surface area contributed by atoms with Gasteiger partial charge >= 0.3 is 0 Å². The van der Waals surface area contributed by atoms with Crippen LogP contribution < -0.4 is 5.73 Å². The predicted molar refractivity (Wildman–Crippen MR) is 75.4 cm³/mol. The lowest BCUT2D eigenvalue weighted by Gasteiger charge is -2.33. The van der Waals surface area contributed by atoms with E-state index in [-0.39, 0.29) is 6.04 Å². The molecular formula is C14H24N2S. The molecule has 96 valence electrons. The van der Waals surface area contributed by atoms with Crippen LogP contribution in [0.4, 0.5) is 0 Å². The van der Waals surface area contributed by atoms with Crippen LogP contribution in [-0.2, 0) is 0 Å². The van der Waals surface area contributed by atoms with Gasteiger partial charge in [-0.2, -0.15) is 0 Å². The molecule has 1 saturated heterocycles. The smallest absolute Gasteiger partial charge is 0.0593 e. The molecule has 2 N–H and O–H groups in total. The van der Waals surface area contributed by atoms with Crippen molar-refractivity contribution in [3.8, 4) is 0 Å². The number of rotatable bonds is 4. The lowest BCUT2D eigenvalue weighted by Crippen LogP contribution is -2.41. The van der Waals surface area contributed by atoms with Gasteiger partial charge < -0.3 is 5.73 Å². The molecule has 2 heterocycles. The number of thiophene rings is 1. The van der Waals surface area contributed by atoms with E-state index in [9.17, 15) is 0 Å². The molecule has 1 aromatic heterocycles. The summed E-state index contributed by atoms with van der Waals surface area (Å²) in [5.74, 6) is 0. The first-order chi connectivity index (χ1) is 8.33. The van der Waals surface area contributed by atoms with E-state index in [4.69, 9.17) is 5.73 Å². The fourth-order valence-corrected chi connectivity index (χ4v) is 3.65. The Kier molecular flexibility index (Phi) is 5.01. The molecule has 0 aliphatic carbocycles. The van der Waals surface area contributed by atoms with E-state index >= 15 is 0 Å². The molecule has 0 amide bonds. The average Bonchev–Trinajstić information content (AvgIpc) is 2.73. The van der Waals surface area contributed by atoms with Gasteiger partial charge in [-0.1, -0.05) is 25.8 Å². The van der Waals surface area contributed by atoms with Crippen LogP contribution in [0.3, 0.4) is 0 Å². The highest BCUT2D eigenvalue weighted by molar-refractivity contribution is 7.10. The molecule has 2 unspecified atom stereocenters. The van der Waals surface area contributed by atoms with Gasteiger partial charge in [-0.3, -0.25) is 4.90 Å². The van der Waals surface area contributed by atoms with Crippen LogP contribution >= 0.6 is 11.3 Å². The van der Waals surface area contributed by atoms with Gasteiger partial charge in [-0.05, 0) is 43.8 Å². The third kappa shape index (κ3) is 3.30. The zero-order chi connectivity index (χ0) is 12.1. The van der Waals surface area contributed by atoms with E-state index in [1.54, 1.807) is 0 Å². The molecule has 2 nitrogen and oxygen atoms in total. The highest BCUT2D eigenvalue weighted by atomic mass is 32.1. The maximum absolute atomic E-state index is 6.36. The first-order valence-electron chi connectivity index (χ1n) is 6.86. The van der Waals surface area contributed by atoms with Crippen molar-refractivity contribution in [2.75, 3.05) is 13.1 Å². The van der Waals surface area contributed by atoms with E-state index < -0.39 is 0 Å². The van der Waals surface area contributed by atoms with E-state index in [1.807, 2.05) is 11.3 Å². The van der Waals surface area contributed by atoms with Crippen molar-refractivity contribution in [2.24, 2.45) is 5.73 Å². The predicted octanol–water partition coefficient (Wildman–Crippen LogP) is 3.40. The summed E-state index contributed by atoms with van der Waals surface area (Å²) in [7, 11) is 0. The molecule has 0 radical (unpaired) electrons. The zero-order valence-electron chi connectivity index (χ0n) is 10.8. The third-order valence-electron chi connectivity index (χ3n) is 3.75. The van der Waals surface area contributed by atoms with Gasteiger partial charge in [-0.15, -0.1) is 11.3 Å². The normalized spacial score (nSPS) is 22.0. The molecule has 17 heavy (non-hydrogen) atoms. The van der Waals surface area contributed by atoms with Crippen LogP contribution in [0.25, 0.3) is 0 Å². The number of nitrogens with two attached hydrogens (primary N) is 1. The molecule has 1 aliphatic rings. The SMILES string of the molecule is CCC(N)C(c1cccs1)N1CCCCCC1. The van der Waals surface area contributed by atoms with Crippen LogP contribution in [0.2, 0.25) is 0 Å². The highest BCUT2D eigenvalue weighted by Crippen LogP contribution is 2.30. The van der Waals surface area contributed by atoms with Gasteiger partial charge in [0, 0.05) is 10.9 Å². The van der Waals surface area contributed by atoms with Crippen molar-refractivity contribution < 1.29 is 0 Å². The highest BCUT2D eigenvalue weighted by Gasteiger charge is 2.26. The minimum Gasteiger partial charge on any atom is -0.326 e. The van der Waals surface area contributed by atoms with Gasteiger partial charge in [-0.25, -0.2) is 0 Å². The van der Waals surface area contributed by atoms with Gasteiger partial charge in [0.2, 0.25) is 0 Å². The summed E-state index contributed by atoms with van der Waals surface area (Å²) in [5.41, 5.74) is 6.36. The van der Waals surface area contributed by atoms with E-state index in [0.29, 0.717) is 6.04 Å². The Bertz CT molecular complexity index is 302. The monoisotopic (exact) mass is 252 g/mol. The fraction of sp³-hybridized carbons (Fsp3) is 0.714. The van der Waals surface area contributed by atoms with E-state index in [1.165, 1.54) is 43.6 Å². The number of hydrogen-bond donors (Lipinski definition) is 1. The Labute approximate surface area is 109 Å². The third-order valence-corrected chi connectivity index (χ3v) is 4.69. The van der Waals surface area contributed by atoms with E-state index in [0.717, 1.165) is 6.42 Å². The van der Waals surface area contributed by atoms with Crippen molar-refractivity contribution in [1.29, 1.82) is 0 Å². The van der Waals surface area contributed by atoms with Crippen LogP contribution in [0.15, 0.2) is 17.5 Å². The molecule has 3 heteroatoms. The van der Waals surface area contributed by atoms with E-state index in [2.05, 4.69) is 29.3 Å². The maximum Gasteiger partial charge on any atom is 0.0593 e. The molecule has 0 saturated carbocycles. The second-order valence-corrected chi connectivity index (χ2v) is 5.96. The lowest BCUT2D eigenvalue weighted by molar-refractivity contribution is 0.178. The van der Waals surface area contributed by atoms with Crippen molar-refractivity contribution in [2.45, 2.75) is 51.1 Å². The average molecular weight is 252 g/mol. The summed E-state index contributed by atoms with van der Waals surface area (Å²) in [6, 6.07) is 5.10. The van der Waals surface area contributed by atoms with Gasteiger partial charge in [0.15, 0.2) is 0 Å². The number of hydrogen-bond acceptors (Lipinski definition) is 3. The topological polar surface area (TPSA) is 29.3 Å². The summed E-state index contributed by atoms with van der Waals surface area (Å²) in [6.07, 6.45) is 6.49. The molecule has 2 rings (SSSR count). The first kappa shape index (κ1) is 13.1. The minimum absolute atomic E-state index is 0.270. The molecule has 1 aliphatic heterocycles. The Morgan fingerprint density at radius 2 is 2.00 bits per heavy atom. The zero-order valence-corrected chi connectivity index (χ0v) is 11.6. The molecule has 0 aromatic carbocycles. The van der Waals surface area contributed by atoms with Crippen LogP contribution in [0, 0.1) is 0 Å². The van der Waals surface area contributed by atoms with Crippen molar-refractivity contribution >= 4 is 11.3 Å². The maximum atomic E-state index is 6.36. The Morgan fingerprint density at radius 1 is 1.29 bits per heavy atom. The first-order valence-corrected chi connectivity index (χ1v) is 7.74. The van der Waals surface area contributed by atoms with Gasteiger partial charge in [0.25, 0.3) is 0 Å². The largest absolute Gasteiger partial charge is 0.326 e. The molecule has 1 aromatic rings. The standard InChI is InChI=1S/C14H24N2S/c1-2-12(15)14(13-8-7-11-17-13)16-9-5-3-4-6-10-16/h7-8,11-12,14H,2-6,9-10,15H2,1H3. The summed E-state index contributed by atoms with van der Waals surface area (Å²) in [5, 5.41) is 2.17. The second kappa shape index (κ2) is 6.53.